The highest BCUT2D eigenvalue weighted by molar-refractivity contribution is 7.26. The van der Waals surface area contributed by atoms with Crippen molar-refractivity contribution in [2.75, 3.05) is 0 Å². The summed E-state index contributed by atoms with van der Waals surface area (Å²) in [5.74, 6) is 1.43. The Labute approximate surface area is 299 Å². The van der Waals surface area contributed by atoms with E-state index in [9.17, 15) is 0 Å². The molecule has 3 aromatic heterocycles. The summed E-state index contributed by atoms with van der Waals surface area (Å²) in [5.41, 5.74) is 6.78. The molecule has 50 heavy (non-hydrogen) atoms. The summed E-state index contributed by atoms with van der Waals surface area (Å²) in [4.78, 5) is 14.7. The molecule has 10 aromatic rings. The van der Waals surface area contributed by atoms with Gasteiger partial charge in [-0.1, -0.05) is 127 Å². The van der Waals surface area contributed by atoms with Crippen LogP contribution in [0.5, 0.6) is 0 Å². The third-order valence-electron chi connectivity index (χ3n) is 9.04. The van der Waals surface area contributed by atoms with Gasteiger partial charge in [-0.05, 0) is 58.7 Å². The van der Waals surface area contributed by atoms with Gasteiger partial charge in [0, 0.05) is 47.6 Å². The van der Waals surface area contributed by atoms with Gasteiger partial charge in [-0.2, -0.15) is 0 Å². The molecule has 0 aliphatic rings. The minimum Gasteiger partial charge on any atom is -0.456 e. The van der Waals surface area contributed by atoms with Gasteiger partial charge in [0.1, 0.15) is 11.2 Å². The first kappa shape index (κ1) is 23.8. The number of hydrogen-bond donors (Lipinski definition) is 0. The lowest BCUT2D eigenvalue weighted by Crippen LogP contribution is -2.00. The summed E-state index contributed by atoms with van der Waals surface area (Å²) >= 11 is 1.81. The third kappa shape index (κ3) is 4.87. The molecular weight excluding hydrogens is 631 g/mol. The van der Waals surface area contributed by atoms with E-state index >= 15 is 0 Å². The minimum absolute atomic E-state index is 0.142. The van der Waals surface area contributed by atoms with Crippen LogP contribution < -0.4 is 0 Å². The van der Waals surface area contributed by atoms with Crippen molar-refractivity contribution in [1.29, 1.82) is 0 Å². The van der Waals surface area contributed by atoms with E-state index in [1.807, 2.05) is 53.8 Å². The van der Waals surface area contributed by atoms with Crippen LogP contribution in [0.2, 0.25) is 0 Å². The van der Waals surface area contributed by atoms with Crippen LogP contribution in [0.3, 0.4) is 0 Å². The molecule has 0 N–H and O–H groups in total. The Bertz CT molecular complexity index is 3130. The molecule has 0 spiro atoms. The molecule has 0 bridgehead atoms. The van der Waals surface area contributed by atoms with E-state index in [2.05, 4.69) is 66.7 Å². The maximum absolute atomic E-state index is 8.42. The SMILES string of the molecule is [2H]c1c([2H])c([2H])c(-c2ccc(-c3nc(-c4ccccc4)nc(-c4ccc5oc6cc(-c7cccc8c7sc7ccccc78)ccc6c5c4)n3)cc2)c([2H])c1[2H]. The second-order valence-electron chi connectivity index (χ2n) is 12.1. The third-order valence-corrected chi connectivity index (χ3v) is 10.3. The summed E-state index contributed by atoms with van der Waals surface area (Å²) in [6.45, 7) is 0. The Morgan fingerprint density at radius 2 is 1.10 bits per heavy atom. The normalized spacial score (nSPS) is 13.0. The predicted octanol–water partition coefficient (Wildman–Crippen LogP) is 12.5. The summed E-state index contributed by atoms with van der Waals surface area (Å²) in [5, 5.41) is 4.46. The average Bonchev–Trinajstić information content (AvgIpc) is 3.80. The van der Waals surface area contributed by atoms with E-state index in [1.54, 1.807) is 24.3 Å². The first-order valence-corrected chi connectivity index (χ1v) is 17.0. The topological polar surface area (TPSA) is 51.8 Å². The van der Waals surface area contributed by atoms with Crippen molar-refractivity contribution in [2.24, 2.45) is 0 Å². The van der Waals surface area contributed by atoms with Crippen molar-refractivity contribution < 1.29 is 11.3 Å². The number of fused-ring (bicyclic) bond motifs is 6. The average molecular weight is 663 g/mol. The van der Waals surface area contributed by atoms with Crippen LogP contribution >= 0.6 is 11.3 Å². The minimum atomic E-state index is -0.422. The zero-order valence-corrected chi connectivity index (χ0v) is 27.2. The number of furan rings is 1. The molecule has 0 aliphatic heterocycles. The van der Waals surface area contributed by atoms with Gasteiger partial charge in [0.2, 0.25) is 0 Å². The van der Waals surface area contributed by atoms with Crippen LogP contribution in [-0.4, -0.2) is 15.0 Å². The fourth-order valence-electron chi connectivity index (χ4n) is 6.59. The van der Waals surface area contributed by atoms with E-state index in [-0.39, 0.29) is 29.7 Å². The number of thiophene rings is 1. The molecule has 10 rings (SSSR count). The molecule has 0 fully saturated rings. The lowest BCUT2D eigenvalue weighted by atomic mass is 10.0. The fraction of sp³-hybridized carbons (Fsp3) is 0. The van der Waals surface area contributed by atoms with Crippen molar-refractivity contribution in [3.05, 3.63) is 164 Å². The van der Waals surface area contributed by atoms with Gasteiger partial charge in [-0.3, -0.25) is 0 Å². The van der Waals surface area contributed by atoms with Gasteiger partial charge >= 0.3 is 0 Å². The molecule has 0 radical (unpaired) electrons. The first-order valence-electron chi connectivity index (χ1n) is 18.7. The smallest absolute Gasteiger partial charge is 0.164 e. The molecule has 4 nitrogen and oxygen atoms in total. The lowest BCUT2D eigenvalue weighted by molar-refractivity contribution is 0.669. The van der Waals surface area contributed by atoms with E-state index in [0.717, 1.165) is 38.6 Å². The van der Waals surface area contributed by atoms with Crippen LogP contribution in [0.15, 0.2) is 168 Å². The highest BCUT2D eigenvalue weighted by Crippen LogP contribution is 2.41. The standard InChI is InChI=1S/C45H27N3OS/c1-3-10-28(11-4-1)29-18-20-31(21-19-29)44-46-43(30-12-5-2-6-13-30)47-45(48-44)33-23-25-39-38(26-33)35-24-22-32(27-40(35)49-39)34-15-9-16-37-36-14-7-8-17-41(36)50-42(34)37/h1-27H/i1D,3D,4D,10D,11D. The molecular formula is C45H27N3OS. The largest absolute Gasteiger partial charge is 0.456 e. The van der Waals surface area contributed by atoms with Crippen LogP contribution in [0, 0.1) is 0 Å². The summed E-state index contributed by atoms with van der Waals surface area (Å²) < 4.78 is 50.0. The molecule has 7 aromatic carbocycles. The van der Waals surface area contributed by atoms with E-state index in [1.165, 1.54) is 25.7 Å². The van der Waals surface area contributed by atoms with E-state index in [0.29, 0.717) is 28.6 Å². The Hall–Kier alpha value is -6.43. The second kappa shape index (κ2) is 11.6. The van der Waals surface area contributed by atoms with Crippen LogP contribution in [-0.2, 0) is 0 Å². The molecule has 0 amide bonds. The predicted molar refractivity (Wildman–Crippen MR) is 207 cm³/mol. The summed E-state index contributed by atoms with van der Waals surface area (Å²) in [6.07, 6.45) is 0. The fourth-order valence-corrected chi connectivity index (χ4v) is 7.83. The zero-order valence-electron chi connectivity index (χ0n) is 31.4. The van der Waals surface area contributed by atoms with Crippen LogP contribution in [0.4, 0.5) is 0 Å². The van der Waals surface area contributed by atoms with Gasteiger partial charge in [0.15, 0.2) is 17.5 Å². The number of hydrogen-bond acceptors (Lipinski definition) is 5. The molecule has 5 heteroatoms. The zero-order chi connectivity index (χ0) is 37.4. The Kier molecular flexibility index (Phi) is 5.54. The van der Waals surface area contributed by atoms with E-state index in [4.69, 9.17) is 26.2 Å². The van der Waals surface area contributed by atoms with E-state index < -0.39 is 6.04 Å². The first-order chi connectivity index (χ1) is 26.8. The Balaban J connectivity index is 1.06. The number of aromatic nitrogens is 3. The monoisotopic (exact) mass is 662 g/mol. The van der Waals surface area contributed by atoms with Gasteiger partial charge in [-0.15, -0.1) is 11.3 Å². The molecule has 0 saturated heterocycles. The van der Waals surface area contributed by atoms with Crippen molar-refractivity contribution in [3.63, 3.8) is 0 Å². The molecule has 0 aliphatic carbocycles. The molecule has 0 saturated carbocycles. The van der Waals surface area contributed by atoms with Gasteiger partial charge in [0.25, 0.3) is 0 Å². The molecule has 234 valence electrons. The Morgan fingerprint density at radius 1 is 0.440 bits per heavy atom. The van der Waals surface area contributed by atoms with Crippen molar-refractivity contribution in [3.8, 4) is 56.4 Å². The van der Waals surface area contributed by atoms with Crippen molar-refractivity contribution in [1.82, 2.24) is 15.0 Å². The maximum Gasteiger partial charge on any atom is 0.164 e. The van der Waals surface area contributed by atoms with Gasteiger partial charge < -0.3 is 4.42 Å². The maximum atomic E-state index is 8.42. The number of rotatable bonds is 5. The molecule has 0 unspecified atom stereocenters. The quantitative estimate of drug-likeness (QED) is 0.184. The van der Waals surface area contributed by atoms with Gasteiger partial charge in [-0.25, -0.2) is 15.0 Å². The number of nitrogens with zero attached hydrogens (tertiary/aromatic N) is 3. The highest BCUT2D eigenvalue weighted by Gasteiger charge is 2.16. The molecule has 0 atom stereocenters. The van der Waals surface area contributed by atoms with Gasteiger partial charge in [0.05, 0.1) is 6.85 Å². The second-order valence-corrected chi connectivity index (χ2v) is 13.1. The highest BCUT2D eigenvalue weighted by atomic mass is 32.1. The summed E-state index contributed by atoms with van der Waals surface area (Å²) in [7, 11) is 0. The van der Waals surface area contributed by atoms with Crippen LogP contribution in [0.25, 0.3) is 98.5 Å². The van der Waals surface area contributed by atoms with Crippen molar-refractivity contribution in [2.45, 2.75) is 0 Å². The summed E-state index contributed by atoms with van der Waals surface area (Å²) in [6, 6.07) is 42.5. The van der Waals surface area contributed by atoms with Crippen molar-refractivity contribution >= 4 is 53.4 Å². The number of benzene rings is 7. The lowest BCUT2D eigenvalue weighted by Gasteiger charge is -2.09. The molecule has 3 heterocycles. The van der Waals surface area contributed by atoms with Crippen LogP contribution in [0.1, 0.15) is 6.85 Å². The Morgan fingerprint density at radius 3 is 1.92 bits per heavy atom.